The van der Waals surface area contributed by atoms with E-state index in [1.807, 2.05) is 5.01 Å². The number of fused-ring (bicyclic) bond motifs is 1. The second-order valence-corrected chi connectivity index (χ2v) is 9.84. The SMILES string of the molecule is NC1NN2CC(Cl)CNC2C1C(=O)NC1CNCCC1N1CCN(C2COC2)CC1. The van der Waals surface area contributed by atoms with Crippen LogP contribution in [0.2, 0.25) is 0 Å². The van der Waals surface area contributed by atoms with Crippen LogP contribution in [0.25, 0.3) is 0 Å². The lowest BCUT2D eigenvalue weighted by Crippen LogP contribution is -2.65. The molecule has 0 aromatic rings. The molecule has 5 aliphatic rings. The fourth-order valence-electron chi connectivity index (χ4n) is 5.56. The molecule has 5 saturated heterocycles. The van der Waals surface area contributed by atoms with Gasteiger partial charge < -0.3 is 21.1 Å². The van der Waals surface area contributed by atoms with Gasteiger partial charge in [0, 0.05) is 51.9 Å². The number of alkyl halides is 1. The summed E-state index contributed by atoms with van der Waals surface area (Å²) in [6.45, 7) is 9.16. The van der Waals surface area contributed by atoms with Crippen LogP contribution in [0.5, 0.6) is 0 Å². The zero-order chi connectivity index (χ0) is 20.7. The van der Waals surface area contributed by atoms with Crippen molar-refractivity contribution in [1.82, 2.24) is 36.2 Å². The van der Waals surface area contributed by atoms with Crippen LogP contribution in [0.15, 0.2) is 0 Å². The molecule has 0 radical (unpaired) electrons. The fraction of sp³-hybridized carbons (Fsp3) is 0.947. The first-order valence-corrected chi connectivity index (χ1v) is 11.8. The molecule has 0 aromatic carbocycles. The first-order chi connectivity index (χ1) is 14.6. The van der Waals surface area contributed by atoms with Crippen molar-refractivity contribution in [3.8, 4) is 0 Å². The van der Waals surface area contributed by atoms with Gasteiger partial charge in [0.25, 0.3) is 0 Å². The highest BCUT2D eigenvalue weighted by Crippen LogP contribution is 2.24. The van der Waals surface area contributed by atoms with E-state index in [-0.39, 0.29) is 29.4 Å². The molecule has 1 amide bonds. The van der Waals surface area contributed by atoms with E-state index in [0.717, 1.165) is 58.9 Å². The highest BCUT2D eigenvalue weighted by atomic mass is 35.5. The zero-order valence-electron chi connectivity index (χ0n) is 17.4. The van der Waals surface area contributed by atoms with Crippen molar-refractivity contribution in [3.63, 3.8) is 0 Å². The smallest absolute Gasteiger partial charge is 0.229 e. The number of rotatable bonds is 4. The molecule has 0 aliphatic carbocycles. The summed E-state index contributed by atoms with van der Waals surface area (Å²) in [6, 6.07) is 1.06. The molecule has 6 unspecified atom stereocenters. The number of piperidine rings is 1. The number of ether oxygens (including phenoxy) is 1. The van der Waals surface area contributed by atoms with Gasteiger partial charge in [-0.25, -0.2) is 10.4 Å². The molecular weight excluding hydrogens is 408 g/mol. The number of hydrazine groups is 1. The molecule has 0 saturated carbocycles. The summed E-state index contributed by atoms with van der Waals surface area (Å²) in [5, 5.41) is 12.2. The van der Waals surface area contributed by atoms with Gasteiger partial charge in [-0.1, -0.05) is 0 Å². The van der Waals surface area contributed by atoms with E-state index in [0.29, 0.717) is 25.2 Å². The third kappa shape index (κ3) is 4.22. The van der Waals surface area contributed by atoms with Crippen LogP contribution in [0.1, 0.15) is 6.42 Å². The molecule has 6 N–H and O–H groups in total. The van der Waals surface area contributed by atoms with Crippen LogP contribution in [0, 0.1) is 5.92 Å². The van der Waals surface area contributed by atoms with Crippen molar-refractivity contribution in [1.29, 1.82) is 0 Å². The Labute approximate surface area is 183 Å². The van der Waals surface area contributed by atoms with Gasteiger partial charge in [0.05, 0.1) is 48.9 Å². The lowest BCUT2D eigenvalue weighted by molar-refractivity contribution is -0.128. The number of halogens is 1. The largest absolute Gasteiger partial charge is 0.378 e. The molecule has 5 aliphatic heterocycles. The van der Waals surface area contributed by atoms with Gasteiger partial charge in [-0.15, -0.1) is 11.6 Å². The minimum Gasteiger partial charge on any atom is -0.378 e. The molecule has 10 nitrogen and oxygen atoms in total. The first kappa shape index (κ1) is 21.3. The monoisotopic (exact) mass is 442 g/mol. The van der Waals surface area contributed by atoms with Crippen LogP contribution >= 0.6 is 11.6 Å². The van der Waals surface area contributed by atoms with E-state index in [9.17, 15) is 4.79 Å². The van der Waals surface area contributed by atoms with Crippen molar-refractivity contribution in [3.05, 3.63) is 0 Å². The van der Waals surface area contributed by atoms with Gasteiger partial charge in [-0.05, 0) is 13.0 Å². The van der Waals surface area contributed by atoms with Crippen LogP contribution in [-0.4, -0.2) is 122 Å². The quantitative estimate of drug-likeness (QED) is 0.293. The van der Waals surface area contributed by atoms with Gasteiger partial charge in [0.15, 0.2) is 0 Å². The van der Waals surface area contributed by atoms with Gasteiger partial charge in [-0.3, -0.25) is 19.9 Å². The molecule has 0 aromatic heterocycles. The van der Waals surface area contributed by atoms with E-state index in [1.165, 1.54) is 0 Å². The highest BCUT2D eigenvalue weighted by Gasteiger charge is 2.47. The van der Waals surface area contributed by atoms with E-state index in [4.69, 9.17) is 22.1 Å². The number of carbonyl (C=O) groups is 1. The Hall–Kier alpha value is -0.560. The molecule has 5 fully saturated rings. The second-order valence-electron chi connectivity index (χ2n) is 9.22. The van der Waals surface area contributed by atoms with E-state index < -0.39 is 6.17 Å². The molecular formula is C19H35ClN8O2. The number of amides is 1. The summed E-state index contributed by atoms with van der Waals surface area (Å²) in [4.78, 5) is 18.4. The minimum atomic E-state index is -0.410. The first-order valence-electron chi connectivity index (χ1n) is 11.3. The van der Waals surface area contributed by atoms with E-state index in [2.05, 4.69) is 31.2 Å². The molecule has 0 bridgehead atoms. The van der Waals surface area contributed by atoms with Crippen molar-refractivity contribution < 1.29 is 9.53 Å². The predicted molar refractivity (Wildman–Crippen MR) is 114 cm³/mol. The summed E-state index contributed by atoms with van der Waals surface area (Å²) < 4.78 is 5.35. The summed E-state index contributed by atoms with van der Waals surface area (Å²) in [6.07, 6.45) is 0.528. The Morgan fingerprint density at radius 2 is 1.90 bits per heavy atom. The Kier molecular flexibility index (Phi) is 6.48. The van der Waals surface area contributed by atoms with Crippen molar-refractivity contribution in [2.24, 2.45) is 11.7 Å². The average Bonchev–Trinajstić information content (AvgIpc) is 3.02. The minimum absolute atomic E-state index is 0.0138. The normalized spacial score (nSPS) is 41.9. The number of carbonyl (C=O) groups excluding carboxylic acids is 1. The Morgan fingerprint density at radius 3 is 2.63 bits per heavy atom. The highest BCUT2D eigenvalue weighted by molar-refractivity contribution is 6.21. The maximum atomic E-state index is 13.3. The number of hydrogen-bond donors (Lipinski definition) is 5. The third-order valence-electron chi connectivity index (χ3n) is 7.35. The van der Waals surface area contributed by atoms with Gasteiger partial charge >= 0.3 is 0 Å². The predicted octanol–water partition coefficient (Wildman–Crippen LogP) is -2.89. The standard InChI is InChI=1S/C19H35ClN8O2/c20-12-7-23-18-16(17(21)25-28(18)9-12)19(29)24-14-8-22-2-1-15(14)27-5-3-26(4-6-27)13-10-30-11-13/h12-18,22-23,25H,1-11,21H2,(H,24,29). The van der Waals surface area contributed by atoms with Crippen LogP contribution in [-0.2, 0) is 9.53 Å². The molecule has 6 atom stereocenters. The zero-order valence-corrected chi connectivity index (χ0v) is 18.2. The van der Waals surface area contributed by atoms with Gasteiger partial charge in [-0.2, -0.15) is 0 Å². The lowest BCUT2D eigenvalue weighted by atomic mass is 9.95. The maximum absolute atomic E-state index is 13.3. The van der Waals surface area contributed by atoms with E-state index in [1.54, 1.807) is 0 Å². The average molecular weight is 443 g/mol. The molecule has 30 heavy (non-hydrogen) atoms. The lowest BCUT2D eigenvalue weighted by Gasteiger charge is -2.47. The number of nitrogens with two attached hydrogens (primary N) is 1. The summed E-state index contributed by atoms with van der Waals surface area (Å²) >= 11 is 6.25. The number of nitrogens with one attached hydrogen (secondary N) is 4. The molecule has 170 valence electrons. The topological polar surface area (TPSA) is 110 Å². The van der Waals surface area contributed by atoms with Gasteiger partial charge in [0.2, 0.25) is 5.91 Å². The summed E-state index contributed by atoms with van der Waals surface area (Å²) in [5.74, 6) is -0.320. The van der Waals surface area contributed by atoms with Crippen molar-refractivity contribution >= 4 is 17.5 Å². The van der Waals surface area contributed by atoms with Crippen molar-refractivity contribution in [2.75, 3.05) is 65.6 Å². The van der Waals surface area contributed by atoms with Gasteiger partial charge in [0.1, 0.15) is 0 Å². The Balaban J connectivity index is 1.19. The maximum Gasteiger partial charge on any atom is 0.229 e. The Morgan fingerprint density at radius 1 is 1.13 bits per heavy atom. The fourth-order valence-corrected chi connectivity index (χ4v) is 5.79. The third-order valence-corrected chi connectivity index (χ3v) is 7.64. The Bertz CT molecular complexity index is 617. The van der Waals surface area contributed by atoms with Crippen LogP contribution in [0.3, 0.4) is 0 Å². The van der Waals surface area contributed by atoms with Crippen LogP contribution in [0.4, 0.5) is 0 Å². The summed E-state index contributed by atoms with van der Waals surface area (Å²) in [7, 11) is 0. The van der Waals surface area contributed by atoms with E-state index >= 15 is 0 Å². The second kappa shape index (κ2) is 9.13. The number of hydrogen-bond acceptors (Lipinski definition) is 9. The molecule has 11 heteroatoms. The van der Waals surface area contributed by atoms with Crippen molar-refractivity contribution in [2.45, 2.75) is 42.3 Å². The number of piperazine rings is 1. The molecule has 0 spiro atoms. The summed E-state index contributed by atoms with van der Waals surface area (Å²) in [5.41, 5.74) is 9.51. The van der Waals surface area contributed by atoms with Crippen LogP contribution < -0.4 is 27.1 Å². The molecule has 5 rings (SSSR count). The molecule has 5 heterocycles. The number of nitrogens with zero attached hydrogens (tertiary/aromatic N) is 3.